The summed E-state index contributed by atoms with van der Waals surface area (Å²) in [5.41, 5.74) is 13.1. The Kier molecular flexibility index (Phi) is 3.02. The first-order valence-corrected chi connectivity index (χ1v) is 6.01. The number of thiol groups is 1. The molecule has 1 aromatic heterocycles. The van der Waals surface area contributed by atoms with Gasteiger partial charge >= 0.3 is 0 Å². The maximum atomic E-state index is 5.65. The fourth-order valence-electron chi connectivity index (χ4n) is 1.49. The van der Waals surface area contributed by atoms with Crippen LogP contribution in [0.1, 0.15) is 18.5 Å². The zero-order chi connectivity index (χ0) is 11.7. The van der Waals surface area contributed by atoms with E-state index in [4.69, 9.17) is 11.5 Å². The first-order valence-electron chi connectivity index (χ1n) is 4.74. The molecule has 0 saturated heterocycles. The number of fused-ring (bicyclic) bond motifs is 1. The minimum absolute atomic E-state index is 0.00905. The van der Waals surface area contributed by atoms with Crippen LogP contribution in [0.3, 0.4) is 0 Å². The van der Waals surface area contributed by atoms with Crippen LogP contribution >= 0.6 is 24.0 Å². The van der Waals surface area contributed by atoms with Crippen LogP contribution in [-0.4, -0.2) is 10.2 Å². The molecule has 0 aliphatic carbocycles. The van der Waals surface area contributed by atoms with Crippen LogP contribution in [0, 0.1) is 0 Å². The van der Waals surface area contributed by atoms with Crippen molar-refractivity contribution in [2.45, 2.75) is 13.0 Å². The third-order valence-corrected chi connectivity index (χ3v) is 3.20. The summed E-state index contributed by atoms with van der Waals surface area (Å²) in [5, 5.41) is 0.869. The van der Waals surface area contributed by atoms with Gasteiger partial charge in [-0.3, -0.25) is 4.99 Å². The van der Waals surface area contributed by atoms with E-state index in [1.54, 1.807) is 0 Å². The van der Waals surface area contributed by atoms with Crippen molar-refractivity contribution < 1.29 is 0 Å². The number of amidine groups is 1. The van der Waals surface area contributed by atoms with Crippen molar-refractivity contribution in [2.24, 2.45) is 10.7 Å². The van der Waals surface area contributed by atoms with Gasteiger partial charge in [-0.05, 0) is 24.6 Å². The molecule has 0 aliphatic heterocycles. The highest BCUT2D eigenvalue weighted by atomic mass is 32.1. The summed E-state index contributed by atoms with van der Waals surface area (Å²) < 4.78 is 1.06. The molecule has 0 fully saturated rings. The SMILES string of the molecule is CC(N=C(N)S)c1ccc2nc(N)sc2c1. The molecular formula is C10H12N4S2. The summed E-state index contributed by atoms with van der Waals surface area (Å²) in [6, 6.07) is 5.95. The number of hydrogen-bond donors (Lipinski definition) is 3. The maximum Gasteiger partial charge on any atom is 0.181 e. The molecular weight excluding hydrogens is 240 g/mol. The Bertz CT molecular complexity index is 543. The summed E-state index contributed by atoms with van der Waals surface area (Å²) in [5.74, 6) is 0. The second-order valence-corrected chi connectivity index (χ2v) is 4.96. The number of nitrogen functional groups attached to an aromatic ring is 1. The van der Waals surface area contributed by atoms with Gasteiger partial charge < -0.3 is 11.5 Å². The van der Waals surface area contributed by atoms with Crippen molar-refractivity contribution in [1.82, 2.24) is 4.98 Å². The van der Waals surface area contributed by atoms with Crippen molar-refractivity contribution in [3.05, 3.63) is 23.8 Å². The third-order valence-electron chi connectivity index (χ3n) is 2.24. The summed E-state index contributed by atoms with van der Waals surface area (Å²) in [4.78, 5) is 8.37. The summed E-state index contributed by atoms with van der Waals surface area (Å²) in [7, 11) is 0. The molecule has 0 aliphatic rings. The van der Waals surface area contributed by atoms with Gasteiger partial charge in [-0.25, -0.2) is 4.98 Å². The summed E-state index contributed by atoms with van der Waals surface area (Å²) in [6.45, 7) is 1.97. The van der Waals surface area contributed by atoms with Crippen molar-refractivity contribution in [3.8, 4) is 0 Å². The zero-order valence-corrected chi connectivity index (χ0v) is 10.4. The predicted molar refractivity (Wildman–Crippen MR) is 73.1 cm³/mol. The molecule has 1 atom stereocenters. The van der Waals surface area contributed by atoms with Gasteiger partial charge in [0.05, 0.1) is 16.3 Å². The lowest BCUT2D eigenvalue weighted by Gasteiger charge is -2.06. The number of anilines is 1. The number of nitrogens with zero attached hydrogens (tertiary/aromatic N) is 2. The number of aromatic nitrogens is 1. The number of nitrogens with two attached hydrogens (primary N) is 2. The molecule has 0 bridgehead atoms. The molecule has 0 saturated carbocycles. The van der Waals surface area contributed by atoms with Crippen LogP contribution in [0.5, 0.6) is 0 Å². The molecule has 4 N–H and O–H groups in total. The summed E-state index contributed by atoms with van der Waals surface area (Å²) in [6.07, 6.45) is 0. The molecule has 16 heavy (non-hydrogen) atoms. The third kappa shape index (κ3) is 2.28. The van der Waals surface area contributed by atoms with Crippen LogP contribution in [0.4, 0.5) is 5.13 Å². The van der Waals surface area contributed by atoms with E-state index in [9.17, 15) is 0 Å². The molecule has 2 rings (SSSR count). The maximum absolute atomic E-state index is 5.65. The van der Waals surface area contributed by atoms with E-state index >= 15 is 0 Å². The lowest BCUT2D eigenvalue weighted by Crippen LogP contribution is -2.04. The lowest BCUT2D eigenvalue weighted by molar-refractivity contribution is 0.824. The van der Waals surface area contributed by atoms with Gasteiger partial charge in [0.1, 0.15) is 0 Å². The molecule has 1 aromatic carbocycles. The summed E-state index contributed by atoms with van der Waals surface area (Å²) >= 11 is 5.43. The Morgan fingerprint density at radius 3 is 3.00 bits per heavy atom. The Hall–Kier alpha value is -1.27. The van der Waals surface area contributed by atoms with Crippen molar-refractivity contribution in [1.29, 1.82) is 0 Å². The van der Waals surface area contributed by atoms with Crippen molar-refractivity contribution in [3.63, 3.8) is 0 Å². The van der Waals surface area contributed by atoms with Crippen LogP contribution in [0.25, 0.3) is 10.2 Å². The van der Waals surface area contributed by atoms with E-state index in [1.807, 2.05) is 25.1 Å². The van der Waals surface area contributed by atoms with Crippen molar-refractivity contribution >= 4 is 44.5 Å². The molecule has 0 spiro atoms. The smallest absolute Gasteiger partial charge is 0.181 e. The molecule has 1 unspecified atom stereocenters. The topological polar surface area (TPSA) is 77.3 Å². The first kappa shape index (κ1) is 11.2. The second kappa shape index (κ2) is 4.31. The Morgan fingerprint density at radius 2 is 2.31 bits per heavy atom. The quantitative estimate of drug-likeness (QED) is 0.435. The van der Waals surface area contributed by atoms with Crippen molar-refractivity contribution in [2.75, 3.05) is 5.73 Å². The predicted octanol–water partition coefficient (Wildman–Crippen LogP) is 2.18. The second-order valence-electron chi connectivity index (χ2n) is 3.44. The van der Waals surface area contributed by atoms with E-state index in [2.05, 4.69) is 22.6 Å². The van der Waals surface area contributed by atoms with Gasteiger partial charge in [0.15, 0.2) is 10.3 Å². The average molecular weight is 252 g/mol. The number of aliphatic imine (C=N–C) groups is 1. The number of hydrogen-bond acceptors (Lipinski definition) is 4. The Morgan fingerprint density at radius 1 is 1.56 bits per heavy atom. The monoisotopic (exact) mass is 252 g/mol. The minimum atomic E-state index is -0.00905. The van der Waals surface area contributed by atoms with Crippen LogP contribution < -0.4 is 11.5 Å². The Labute approximate surface area is 103 Å². The zero-order valence-electron chi connectivity index (χ0n) is 8.71. The van der Waals surface area contributed by atoms with E-state index in [-0.39, 0.29) is 11.2 Å². The molecule has 84 valence electrons. The first-order chi connectivity index (χ1) is 7.56. The van der Waals surface area contributed by atoms with Crippen LogP contribution in [0.2, 0.25) is 0 Å². The molecule has 0 radical (unpaired) electrons. The highest BCUT2D eigenvalue weighted by Gasteiger charge is 2.07. The van der Waals surface area contributed by atoms with Crippen LogP contribution in [-0.2, 0) is 0 Å². The molecule has 0 amide bonds. The number of benzene rings is 1. The number of rotatable bonds is 2. The van der Waals surface area contributed by atoms with Gasteiger partial charge in [0.25, 0.3) is 0 Å². The van der Waals surface area contributed by atoms with E-state index < -0.39 is 0 Å². The normalized spacial score (nSPS) is 14.2. The van der Waals surface area contributed by atoms with Gasteiger partial charge in [0, 0.05) is 0 Å². The highest BCUT2D eigenvalue weighted by molar-refractivity contribution is 7.96. The van der Waals surface area contributed by atoms with Gasteiger partial charge in [-0.2, -0.15) is 0 Å². The fraction of sp³-hybridized carbons (Fsp3) is 0.200. The minimum Gasteiger partial charge on any atom is -0.379 e. The van der Waals surface area contributed by atoms with Gasteiger partial charge in [-0.1, -0.05) is 17.4 Å². The van der Waals surface area contributed by atoms with E-state index in [1.165, 1.54) is 11.3 Å². The number of thiazole rings is 1. The van der Waals surface area contributed by atoms with Crippen LogP contribution in [0.15, 0.2) is 23.2 Å². The molecule has 4 nitrogen and oxygen atoms in total. The average Bonchev–Trinajstić information content (AvgIpc) is 2.55. The van der Waals surface area contributed by atoms with E-state index in [0.29, 0.717) is 5.13 Å². The van der Waals surface area contributed by atoms with E-state index in [0.717, 1.165) is 15.8 Å². The molecule has 2 aromatic rings. The van der Waals surface area contributed by atoms with Gasteiger partial charge in [-0.15, -0.1) is 12.6 Å². The molecule has 6 heteroatoms. The molecule has 1 heterocycles. The lowest BCUT2D eigenvalue weighted by atomic mass is 10.1. The van der Waals surface area contributed by atoms with Gasteiger partial charge in [0.2, 0.25) is 0 Å². The standard InChI is InChI=1S/C10H12N4S2/c1-5(13-9(11)15)6-2-3-7-8(4-6)16-10(12)14-7/h2-5H,1H3,(H2,12,14)(H3,11,13,15). The fourth-order valence-corrected chi connectivity index (χ4v) is 2.45. The Balaban J connectivity index is 2.42. The highest BCUT2D eigenvalue weighted by Crippen LogP contribution is 2.27. The largest absolute Gasteiger partial charge is 0.379 e.